The van der Waals surface area contributed by atoms with Crippen molar-refractivity contribution in [2.45, 2.75) is 159 Å². The van der Waals surface area contributed by atoms with Crippen molar-refractivity contribution >= 4 is 139 Å². The largest absolute Gasteiger partial charge is 0.380 e. The molecule has 28 heteroatoms. The highest BCUT2D eigenvalue weighted by atomic mass is 35.5. The van der Waals surface area contributed by atoms with Crippen molar-refractivity contribution in [2.24, 2.45) is 5.41 Å². The molecule has 8 rings (SSSR count). The number of nitrogens with zero attached hydrogens (tertiary/aromatic N) is 12. The normalized spacial score (nSPS) is 12.8. The summed E-state index contributed by atoms with van der Waals surface area (Å²) in [5.41, 5.74) is -0.658. The van der Waals surface area contributed by atoms with Crippen molar-refractivity contribution in [3.63, 3.8) is 0 Å². The molecule has 0 atom stereocenters. The van der Waals surface area contributed by atoms with E-state index in [1.807, 2.05) is 46.4 Å². The van der Waals surface area contributed by atoms with Gasteiger partial charge in [-0.3, -0.25) is 0 Å². The minimum atomic E-state index is -1.00. The summed E-state index contributed by atoms with van der Waals surface area (Å²) < 4.78 is 43.6. The van der Waals surface area contributed by atoms with Crippen LogP contribution in [-0.4, -0.2) is 91.5 Å². The van der Waals surface area contributed by atoms with Crippen LogP contribution in [0.2, 0.25) is 60.3 Å². The van der Waals surface area contributed by atoms with E-state index in [9.17, 15) is 0 Å². The summed E-state index contributed by atoms with van der Waals surface area (Å²) in [6.07, 6.45) is 1.34. The fourth-order valence-electron chi connectivity index (χ4n) is 11.9. The summed E-state index contributed by atoms with van der Waals surface area (Å²) in [4.78, 5) is 20.3. The average molecular weight is 1520 g/mol. The van der Waals surface area contributed by atoms with E-state index in [0.717, 1.165) is 23.3 Å². The molecule has 16 nitrogen and oxygen atoms in total. The van der Waals surface area contributed by atoms with E-state index < -0.39 is 27.6 Å². The van der Waals surface area contributed by atoms with Crippen molar-refractivity contribution < 1.29 is 37.7 Å². The summed E-state index contributed by atoms with van der Waals surface area (Å²) in [5.74, 6) is 5.57. The van der Waals surface area contributed by atoms with Crippen LogP contribution in [0, 0.1) is 33.1 Å². The minimum Gasteiger partial charge on any atom is -0.380 e. The highest BCUT2D eigenvalue weighted by molar-refractivity contribution is 6.43. The smallest absolute Gasteiger partial charge is 0.317 e. The molecular formula is C65H80Cl12N12O4+4. The van der Waals surface area contributed by atoms with Crippen molar-refractivity contribution in [2.75, 3.05) is 52.9 Å². The highest BCUT2D eigenvalue weighted by Gasteiger charge is 2.41. The van der Waals surface area contributed by atoms with Gasteiger partial charge in [0.25, 0.3) is 23.3 Å². The molecule has 0 aliphatic carbocycles. The van der Waals surface area contributed by atoms with Crippen molar-refractivity contribution in [3.05, 3.63) is 155 Å². The number of halogens is 12. The number of ether oxygens (including phenoxy) is 4. The summed E-state index contributed by atoms with van der Waals surface area (Å²) in [5, 5.41) is 4.47. The first-order chi connectivity index (χ1) is 43.2. The van der Waals surface area contributed by atoms with E-state index in [0.29, 0.717) is 132 Å². The first kappa shape index (κ1) is 75.5. The van der Waals surface area contributed by atoms with Gasteiger partial charge in [0.1, 0.15) is 44.9 Å². The minimum absolute atomic E-state index is 0.0870. The lowest BCUT2D eigenvalue weighted by Gasteiger charge is -2.33. The maximum absolute atomic E-state index is 6.98. The third-order valence-corrected chi connectivity index (χ3v) is 18.2. The van der Waals surface area contributed by atoms with Crippen LogP contribution in [-0.2, 0) is 66.8 Å². The van der Waals surface area contributed by atoms with Crippen LogP contribution in [0.25, 0.3) is 22.7 Å². The Bertz CT molecular complexity index is 3450. The summed E-state index contributed by atoms with van der Waals surface area (Å²) in [6.45, 7) is 33.9. The molecule has 4 heterocycles. The van der Waals surface area contributed by atoms with Crippen LogP contribution >= 0.6 is 139 Å². The Hall–Kier alpha value is -3.24. The molecule has 0 aliphatic rings. The van der Waals surface area contributed by atoms with E-state index in [-0.39, 0.29) is 52.9 Å². The van der Waals surface area contributed by atoms with Crippen molar-refractivity contribution in [1.82, 2.24) is 38.7 Å². The lowest BCUT2D eigenvalue weighted by atomic mass is 9.92. The third-order valence-electron chi connectivity index (χ3n) is 15.0. The summed E-state index contributed by atoms with van der Waals surface area (Å²) in [7, 11) is 0. The molecule has 0 unspecified atom stereocenters. The Morgan fingerprint density at radius 2 is 0.462 bits per heavy atom. The van der Waals surface area contributed by atoms with E-state index >= 15 is 0 Å². The summed E-state index contributed by atoms with van der Waals surface area (Å²) >= 11 is 81.7. The molecule has 0 saturated carbocycles. The van der Waals surface area contributed by atoms with Gasteiger partial charge in [-0.25, -0.2) is 0 Å². The predicted molar refractivity (Wildman–Crippen MR) is 375 cm³/mol. The lowest BCUT2D eigenvalue weighted by molar-refractivity contribution is -0.823. The van der Waals surface area contributed by atoms with Gasteiger partial charge in [-0.1, -0.05) is 139 Å². The molecular weight excluding hydrogens is 1440 g/mol. The third kappa shape index (κ3) is 17.3. The van der Waals surface area contributed by atoms with E-state index in [1.165, 1.54) is 0 Å². The monoisotopic (exact) mass is 1510 g/mol. The van der Waals surface area contributed by atoms with Gasteiger partial charge >= 0.3 is 23.3 Å². The molecule has 0 N–H and O–H groups in total. The quantitative estimate of drug-likeness (QED) is 0.0433. The van der Waals surface area contributed by atoms with Gasteiger partial charge in [0.15, 0.2) is 0 Å². The summed E-state index contributed by atoms with van der Waals surface area (Å²) in [6, 6.07) is 13.3. The molecule has 0 saturated heterocycles. The van der Waals surface area contributed by atoms with Crippen LogP contribution in [0.3, 0.4) is 0 Å². The van der Waals surface area contributed by atoms with Gasteiger partial charge in [-0.15, -0.1) is 37.5 Å². The van der Waals surface area contributed by atoms with Gasteiger partial charge in [0.05, 0.1) is 124 Å². The molecule has 8 aromatic rings. The maximum atomic E-state index is 6.98. The second-order valence-electron chi connectivity index (χ2n) is 27.1. The van der Waals surface area contributed by atoms with E-state index in [1.54, 1.807) is 48.5 Å². The Balaban J connectivity index is 1.18. The lowest BCUT2D eigenvalue weighted by Crippen LogP contribution is -2.58. The molecule has 0 amide bonds. The fourth-order valence-corrected chi connectivity index (χ4v) is 15.8. The van der Waals surface area contributed by atoms with Crippen LogP contribution in [0.1, 0.15) is 130 Å². The van der Waals surface area contributed by atoms with Gasteiger partial charge in [-0.05, 0) is 152 Å². The molecule has 4 aromatic carbocycles. The zero-order valence-electron chi connectivity index (χ0n) is 55.1. The zero-order valence-corrected chi connectivity index (χ0v) is 64.2. The molecule has 4 aromatic heterocycles. The first-order valence-corrected chi connectivity index (χ1v) is 34.7. The Labute approximate surface area is 605 Å². The van der Waals surface area contributed by atoms with Gasteiger partial charge in [0.2, 0.25) is 0 Å². The molecule has 0 bridgehead atoms. The average Bonchev–Trinajstić information content (AvgIpc) is 1.69. The van der Waals surface area contributed by atoms with Gasteiger partial charge in [0, 0.05) is 47.8 Å². The molecule has 0 spiro atoms. The number of benzene rings is 4. The Kier molecular flexibility index (Phi) is 24.4. The Morgan fingerprint density at radius 3 is 0.613 bits per heavy atom. The van der Waals surface area contributed by atoms with Gasteiger partial charge < -0.3 is 18.9 Å². The first-order valence-electron chi connectivity index (χ1n) is 30.2. The predicted octanol–water partition coefficient (Wildman–Crippen LogP) is 17.0. The Morgan fingerprint density at radius 1 is 0.301 bits per heavy atom. The molecule has 0 fully saturated rings. The standard InChI is InChI=1S/C65H80Cl12N12O4/c1-37-78-53(82(86(37)61(5,6)7)57-45(70)25-41(66)26-46(57)71)17-21-90-33-65(34-91-22-18-54-79-38(2)87(62(8,9)10)83(54)58-47(72)27-42(67)28-48(58)73,35-92-23-19-55-80-39(3)88(63(11,12)13)84(55)59-49(74)29-43(68)30-50(59)75)36-93-24-20-56-81-40(4)89(64(14,15)16)85(56)60-51(76)31-44(69)32-52(60)77/h25-32H,17-24,33-36H2,1-16H3/q+4. The highest BCUT2D eigenvalue weighted by Crippen LogP contribution is 2.38. The van der Waals surface area contributed by atoms with Gasteiger partial charge in [-0.2, -0.15) is 0 Å². The number of aromatic nitrogens is 12. The molecule has 0 aliphatic heterocycles. The topological polar surface area (TPSA) is 124 Å². The van der Waals surface area contributed by atoms with Crippen molar-refractivity contribution in [3.8, 4) is 22.7 Å². The van der Waals surface area contributed by atoms with Crippen LogP contribution in [0.15, 0.2) is 48.5 Å². The van der Waals surface area contributed by atoms with E-state index in [2.05, 4.69) is 102 Å². The fraction of sp³-hybridized carbons (Fsp3) is 0.508. The second-order valence-corrected chi connectivity index (χ2v) is 32.1. The zero-order chi connectivity index (χ0) is 68.8. The molecule has 93 heavy (non-hydrogen) atoms. The van der Waals surface area contributed by atoms with Crippen LogP contribution in [0.5, 0.6) is 0 Å². The molecule has 0 radical (unpaired) electrons. The SMILES string of the molecule is Cc1nc(CCOCC(COCCc2nc(C)[n+](C(C)(C)C)n2-c2c(Cl)cc(Cl)cc2Cl)(COCCc2nc(C)[n+](C(C)(C)C)n2-c2c(Cl)cc(Cl)cc2Cl)COCCc2nc(C)[n+](C(C)(C)C)n2-c2c(Cl)cc(Cl)cc2Cl)n(-c2c(Cl)cc(Cl)cc2Cl)[n+]1C(C)(C)C. The molecule has 504 valence electrons. The van der Waals surface area contributed by atoms with Crippen LogP contribution < -0.4 is 18.7 Å². The van der Waals surface area contributed by atoms with E-state index in [4.69, 9.17) is 178 Å². The second kappa shape index (κ2) is 30.1. The number of aryl methyl sites for hydroxylation is 4. The number of hydrogen-bond acceptors (Lipinski definition) is 8. The van der Waals surface area contributed by atoms with Crippen molar-refractivity contribution in [1.29, 1.82) is 0 Å². The van der Waals surface area contributed by atoms with Crippen LogP contribution in [0.4, 0.5) is 0 Å². The number of hydrogen-bond donors (Lipinski definition) is 0. The maximum Gasteiger partial charge on any atom is 0.317 e. The number of rotatable bonds is 24.